The van der Waals surface area contributed by atoms with E-state index in [0.717, 1.165) is 17.5 Å². The summed E-state index contributed by atoms with van der Waals surface area (Å²) < 4.78 is 0. The number of aldehydes is 1. The van der Waals surface area contributed by atoms with Gasteiger partial charge in [0.2, 0.25) is 0 Å². The molecule has 2 rings (SSSR count). The Hall–Kier alpha value is -2.62. The van der Waals surface area contributed by atoms with Crippen molar-refractivity contribution in [2.24, 2.45) is 5.41 Å². The molecule has 0 unspecified atom stereocenters. The van der Waals surface area contributed by atoms with Crippen molar-refractivity contribution in [1.82, 2.24) is 5.32 Å². The molecule has 138 valence electrons. The van der Waals surface area contributed by atoms with Gasteiger partial charge in [-0.3, -0.25) is 4.79 Å². The smallest absolute Gasteiger partial charge is 0.251 e. The zero-order chi connectivity index (χ0) is 19.4. The molecule has 0 aliphatic rings. The molecule has 2 aromatic rings. The highest BCUT2D eigenvalue weighted by molar-refractivity contribution is 5.95. The van der Waals surface area contributed by atoms with Crippen LogP contribution in [0.1, 0.15) is 50.5 Å². The number of hydrogen-bond donors (Lipinski definition) is 2. The average Bonchev–Trinajstić information content (AvgIpc) is 2.59. The van der Waals surface area contributed by atoms with Gasteiger partial charge in [0.05, 0.1) is 11.6 Å². The van der Waals surface area contributed by atoms with Gasteiger partial charge in [-0.05, 0) is 49.1 Å². The van der Waals surface area contributed by atoms with Crippen molar-refractivity contribution >= 4 is 17.9 Å². The fourth-order valence-corrected chi connectivity index (χ4v) is 2.64. The Labute approximate surface area is 156 Å². The molecule has 0 heterocycles. The molecule has 0 saturated carbocycles. The lowest BCUT2D eigenvalue weighted by molar-refractivity contribution is -0.110. The van der Waals surface area contributed by atoms with Gasteiger partial charge >= 0.3 is 0 Å². The standard InChI is InChI=1S/C22H28N2O2/c1-21(2,3)19(15-25)23-18-13-11-16(12-14-18)20(26)24-22(4,5)17-9-7-6-8-10-17/h6-15,19,23H,1-5H3,(H,24,26)/t19-/m0/s1. The topological polar surface area (TPSA) is 58.2 Å². The number of nitrogens with one attached hydrogen (secondary N) is 2. The molecule has 4 nitrogen and oxygen atoms in total. The highest BCUT2D eigenvalue weighted by Gasteiger charge is 2.25. The van der Waals surface area contributed by atoms with E-state index >= 15 is 0 Å². The van der Waals surface area contributed by atoms with Gasteiger partial charge in [0.25, 0.3) is 5.91 Å². The molecule has 0 saturated heterocycles. The monoisotopic (exact) mass is 352 g/mol. The Balaban J connectivity index is 2.08. The maximum absolute atomic E-state index is 12.6. The lowest BCUT2D eigenvalue weighted by Crippen LogP contribution is -2.41. The zero-order valence-corrected chi connectivity index (χ0v) is 16.2. The molecule has 4 heteroatoms. The van der Waals surface area contributed by atoms with Gasteiger partial charge in [-0.1, -0.05) is 51.1 Å². The summed E-state index contributed by atoms with van der Waals surface area (Å²) in [4.78, 5) is 23.9. The minimum Gasteiger partial charge on any atom is -0.375 e. The van der Waals surface area contributed by atoms with Crippen molar-refractivity contribution in [3.05, 3.63) is 65.7 Å². The van der Waals surface area contributed by atoms with Crippen molar-refractivity contribution in [3.8, 4) is 0 Å². The second kappa shape index (κ2) is 7.73. The van der Waals surface area contributed by atoms with E-state index in [4.69, 9.17) is 0 Å². The van der Waals surface area contributed by atoms with Gasteiger partial charge in [-0.2, -0.15) is 0 Å². The molecular weight excluding hydrogens is 324 g/mol. The number of anilines is 1. The predicted octanol–water partition coefficient (Wildman–Crippen LogP) is 4.38. The minimum absolute atomic E-state index is 0.131. The quantitative estimate of drug-likeness (QED) is 0.759. The van der Waals surface area contributed by atoms with E-state index in [2.05, 4.69) is 10.6 Å². The van der Waals surface area contributed by atoms with Crippen LogP contribution in [-0.4, -0.2) is 18.2 Å². The Morgan fingerprint density at radius 1 is 0.923 bits per heavy atom. The molecule has 0 fully saturated rings. The van der Waals surface area contributed by atoms with E-state index in [1.807, 2.05) is 77.1 Å². The number of benzene rings is 2. The second-order valence-corrected chi connectivity index (χ2v) is 8.15. The SMILES string of the molecule is CC(C)(NC(=O)c1ccc(N[C@@H](C=O)C(C)(C)C)cc1)c1ccccc1. The normalized spacial score (nSPS) is 13.0. The first-order chi connectivity index (χ1) is 12.1. The number of rotatable bonds is 6. The van der Waals surface area contributed by atoms with Crippen molar-refractivity contribution < 1.29 is 9.59 Å². The maximum atomic E-state index is 12.6. The van der Waals surface area contributed by atoms with Crippen LogP contribution in [0.2, 0.25) is 0 Å². The largest absolute Gasteiger partial charge is 0.375 e. The van der Waals surface area contributed by atoms with E-state index in [-0.39, 0.29) is 17.4 Å². The van der Waals surface area contributed by atoms with Crippen LogP contribution in [0.3, 0.4) is 0 Å². The summed E-state index contributed by atoms with van der Waals surface area (Å²) in [6, 6.07) is 16.8. The second-order valence-electron chi connectivity index (χ2n) is 8.15. The molecule has 0 radical (unpaired) electrons. The first-order valence-corrected chi connectivity index (χ1v) is 8.83. The van der Waals surface area contributed by atoms with Crippen molar-refractivity contribution in [2.45, 2.75) is 46.2 Å². The molecule has 0 spiro atoms. The first kappa shape index (κ1) is 19.7. The van der Waals surface area contributed by atoms with Gasteiger partial charge in [-0.15, -0.1) is 0 Å². The third-order valence-corrected chi connectivity index (χ3v) is 4.46. The molecule has 0 aliphatic carbocycles. The molecule has 0 aliphatic heterocycles. The minimum atomic E-state index is -0.468. The predicted molar refractivity (Wildman–Crippen MR) is 106 cm³/mol. The summed E-state index contributed by atoms with van der Waals surface area (Å²) in [5.74, 6) is -0.131. The van der Waals surface area contributed by atoms with Crippen molar-refractivity contribution in [2.75, 3.05) is 5.32 Å². The molecule has 1 amide bonds. The van der Waals surface area contributed by atoms with E-state index in [0.29, 0.717) is 5.56 Å². The van der Waals surface area contributed by atoms with Gasteiger partial charge in [0, 0.05) is 11.3 Å². The van der Waals surface area contributed by atoms with E-state index in [9.17, 15) is 9.59 Å². The van der Waals surface area contributed by atoms with E-state index in [1.54, 1.807) is 12.1 Å². The third-order valence-electron chi connectivity index (χ3n) is 4.46. The summed E-state index contributed by atoms with van der Waals surface area (Å²) in [7, 11) is 0. The van der Waals surface area contributed by atoms with Gasteiger partial charge in [0.15, 0.2) is 0 Å². The van der Waals surface area contributed by atoms with Crippen molar-refractivity contribution in [3.63, 3.8) is 0 Å². The summed E-state index contributed by atoms with van der Waals surface area (Å²) in [6.07, 6.45) is 0.920. The van der Waals surface area contributed by atoms with Crippen LogP contribution in [0.25, 0.3) is 0 Å². The van der Waals surface area contributed by atoms with Gasteiger partial charge < -0.3 is 15.4 Å². The van der Waals surface area contributed by atoms with Crippen LogP contribution >= 0.6 is 0 Å². The molecule has 0 aromatic heterocycles. The molecule has 0 bridgehead atoms. The molecule has 1 atom stereocenters. The average molecular weight is 352 g/mol. The van der Waals surface area contributed by atoms with Crippen LogP contribution in [0.4, 0.5) is 5.69 Å². The number of carbonyl (C=O) groups is 2. The van der Waals surface area contributed by atoms with Crippen molar-refractivity contribution in [1.29, 1.82) is 0 Å². The van der Waals surface area contributed by atoms with E-state index in [1.165, 1.54) is 0 Å². The third kappa shape index (κ3) is 4.94. The Morgan fingerprint density at radius 3 is 2.00 bits per heavy atom. The van der Waals surface area contributed by atoms with Gasteiger partial charge in [-0.25, -0.2) is 0 Å². The fourth-order valence-electron chi connectivity index (χ4n) is 2.64. The number of hydrogen-bond acceptors (Lipinski definition) is 3. The lowest BCUT2D eigenvalue weighted by Gasteiger charge is -2.28. The fraction of sp³-hybridized carbons (Fsp3) is 0.364. The van der Waals surface area contributed by atoms with E-state index < -0.39 is 5.54 Å². The Kier molecular flexibility index (Phi) is 5.86. The summed E-state index contributed by atoms with van der Waals surface area (Å²) in [5, 5.41) is 6.28. The highest BCUT2D eigenvalue weighted by atomic mass is 16.1. The summed E-state index contributed by atoms with van der Waals surface area (Å²) >= 11 is 0. The van der Waals surface area contributed by atoms with Crippen LogP contribution in [0.15, 0.2) is 54.6 Å². The van der Waals surface area contributed by atoms with Crippen LogP contribution < -0.4 is 10.6 Å². The summed E-state index contributed by atoms with van der Waals surface area (Å²) in [6.45, 7) is 9.98. The Morgan fingerprint density at radius 2 is 1.50 bits per heavy atom. The Bertz CT molecular complexity index is 744. The number of carbonyl (C=O) groups excluding carboxylic acids is 2. The lowest BCUT2D eigenvalue weighted by atomic mass is 9.87. The van der Waals surface area contributed by atoms with Crippen LogP contribution in [0.5, 0.6) is 0 Å². The summed E-state index contributed by atoms with van der Waals surface area (Å²) in [5.41, 5.74) is 1.79. The highest BCUT2D eigenvalue weighted by Crippen LogP contribution is 2.23. The molecule has 2 N–H and O–H groups in total. The molecule has 26 heavy (non-hydrogen) atoms. The van der Waals surface area contributed by atoms with Crippen LogP contribution in [0, 0.1) is 5.41 Å². The molecular formula is C22H28N2O2. The number of amides is 1. The first-order valence-electron chi connectivity index (χ1n) is 8.83. The molecule has 2 aromatic carbocycles. The zero-order valence-electron chi connectivity index (χ0n) is 16.2. The van der Waals surface area contributed by atoms with Gasteiger partial charge in [0.1, 0.15) is 6.29 Å². The maximum Gasteiger partial charge on any atom is 0.251 e. The van der Waals surface area contributed by atoms with Crippen LogP contribution in [-0.2, 0) is 10.3 Å².